The Balaban J connectivity index is 1.54. The third-order valence-electron chi connectivity index (χ3n) is 4.87. The lowest BCUT2D eigenvalue weighted by Gasteiger charge is -2.19. The summed E-state index contributed by atoms with van der Waals surface area (Å²) in [5.74, 6) is -0.632. The highest BCUT2D eigenvalue weighted by Crippen LogP contribution is 2.37. The van der Waals surface area contributed by atoms with Crippen molar-refractivity contribution in [3.63, 3.8) is 0 Å². The lowest BCUT2D eigenvalue weighted by atomic mass is 9.81. The number of rotatable bonds is 5. The van der Waals surface area contributed by atoms with Crippen molar-refractivity contribution in [3.8, 4) is 0 Å². The van der Waals surface area contributed by atoms with Crippen molar-refractivity contribution in [2.24, 2.45) is 11.8 Å². The zero-order valence-electron chi connectivity index (χ0n) is 13.8. The zero-order chi connectivity index (χ0) is 17.1. The van der Waals surface area contributed by atoms with Crippen LogP contribution in [0.3, 0.4) is 0 Å². The van der Waals surface area contributed by atoms with E-state index in [1.807, 2.05) is 30.5 Å². The van der Waals surface area contributed by atoms with Crippen molar-refractivity contribution in [2.75, 3.05) is 18.1 Å². The molecular weight excluding hydrogens is 324 g/mol. The van der Waals surface area contributed by atoms with Crippen LogP contribution in [0.15, 0.2) is 29.2 Å². The molecule has 2 aliphatic rings. The van der Waals surface area contributed by atoms with Gasteiger partial charge in [-0.3, -0.25) is 19.3 Å². The Morgan fingerprint density at radius 1 is 1.12 bits per heavy atom. The van der Waals surface area contributed by atoms with Crippen molar-refractivity contribution < 1.29 is 14.4 Å². The van der Waals surface area contributed by atoms with Crippen LogP contribution in [0.1, 0.15) is 32.1 Å². The fourth-order valence-corrected chi connectivity index (χ4v) is 3.97. The second-order valence-electron chi connectivity index (χ2n) is 6.35. The molecule has 24 heavy (non-hydrogen) atoms. The first-order chi connectivity index (χ1) is 11.6. The lowest BCUT2D eigenvalue weighted by molar-refractivity contribution is -0.140. The molecule has 1 aromatic carbocycles. The van der Waals surface area contributed by atoms with E-state index >= 15 is 0 Å². The van der Waals surface area contributed by atoms with E-state index in [-0.39, 0.29) is 42.5 Å². The molecule has 1 N–H and O–H groups in total. The minimum Gasteiger partial charge on any atom is -0.326 e. The fourth-order valence-electron chi connectivity index (χ4n) is 3.56. The van der Waals surface area contributed by atoms with Gasteiger partial charge >= 0.3 is 0 Å². The van der Waals surface area contributed by atoms with Crippen molar-refractivity contribution in [2.45, 2.75) is 37.0 Å². The number of likely N-dealkylation sites (tertiary alicyclic amines) is 1. The van der Waals surface area contributed by atoms with E-state index in [9.17, 15) is 14.4 Å². The van der Waals surface area contributed by atoms with Crippen LogP contribution in [0.4, 0.5) is 5.69 Å². The van der Waals surface area contributed by atoms with E-state index in [0.29, 0.717) is 0 Å². The van der Waals surface area contributed by atoms with Gasteiger partial charge in [0.25, 0.3) is 0 Å². The second-order valence-corrected chi connectivity index (χ2v) is 7.23. The molecule has 2 atom stereocenters. The van der Waals surface area contributed by atoms with Gasteiger partial charge in [-0.25, -0.2) is 0 Å². The lowest BCUT2D eigenvalue weighted by Crippen LogP contribution is -2.34. The van der Waals surface area contributed by atoms with Gasteiger partial charge in [-0.1, -0.05) is 12.8 Å². The van der Waals surface area contributed by atoms with Gasteiger partial charge in [-0.2, -0.15) is 0 Å². The van der Waals surface area contributed by atoms with Gasteiger partial charge in [-0.15, -0.1) is 11.8 Å². The number of benzene rings is 1. The van der Waals surface area contributed by atoms with Crippen molar-refractivity contribution in [1.29, 1.82) is 0 Å². The molecule has 1 aromatic rings. The number of anilines is 1. The maximum Gasteiger partial charge on any atom is 0.233 e. The topological polar surface area (TPSA) is 66.5 Å². The molecule has 128 valence electrons. The Kier molecular flexibility index (Phi) is 5.23. The van der Waals surface area contributed by atoms with Crippen LogP contribution in [0.25, 0.3) is 0 Å². The van der Waals surface area contributed by atoms with Gasteiger partial charge in [0, 0.05) is 23.5 Å². The Hall–Kier alpha value is -1.82. The summed E-state index contributed by atoms with van der Waals surface area (Å²) in [6.45, 7) is 0.180. The van der Waals surface area contributed by atoms with Gasteiger partial charge < -0.3 is 5.32 Å². The van der Waals surface area contributed by atoms with E-state index in [4.69, 9.17) is 0 Å². The first-order valence-corrected chi connectivity index (χ1v) is 9.62. The van der Waals surface area contributed by atoms with Gasteiger partial charge in [0.1, 0.15) is 0 Å². The van der Waals surface area contributed by atoms with Crippen LogP contribution in [0, 0.1) is 11.8 Å². The van der Waals surface area contributed by atoms with E-state index in [1.165, 1.54) is 4.90 Å². The largest absolute Gasteiger partial charge is 0.326 e. The molecule has 1 aliphatic heterocycles. The molecule has 1 aliphatic carbocycles. The molecule has 3 amide bonds. The molecule has 2 unspecified atom stereocenters. The standard InChI is InChI=1S/C18H22N2O3S/c1-24-13-8-6-12(7-9-13)19-16(21)10-11-20-17(22)14-4-2-3-5-15(14)18(20)23/h6-9,14-15H,2-5,10-11H2,1H3,(H,19,21). The predicted octanol–water partition coefficient (Wildman–Crippen LogP) is 2.91. The van der Waals surface area contributed by atoms with E-state index in [0.717, 1.165) is 36.3 Å². The predicted molar refractivity (Wildman–Crippen MR) is 93.6 cm³/mol. The van der Waals surface area contributed by atoms with Crippen LogP contribution in [0.2, 0.25) is 0 Å². The molecule has 0 radical (unpaired) electrons. The average Bonchev–Trinajstić information content (AvgIpc) is 2.85. The molecular formula is C18H22N2O3S. The zero-order valence-corrected chi connectivity index (χ0v) is 14.6. The number of hydrogen-bond acceptors (Lipinski definition) is 4. The molecule has 6 heteroatoms. The van der Waals surface area contributed by atoms with Crippen molar-refractivity contribution in [3.05, 3.63) is 24.3 Å². The summed E-state index contributed by atoms with van der Waals surface area (Å²) in [6, 6.07) is 7.59. The second kappa shape index (κ2) is 7.38. The monoisotopic (exact) mass is 346 g/mol. The number of imide groups is 1. The Morgan fingerprint density at radius 2 is 1.71 bits per heavy atom. The number of nitrogens with one attached hydrogen (secondary N) is 1. The molecule has 3 rings (SSSR count). The number of carbonyl (C=O) groups excluding carboxylic acids is 3. The molecule has 1 heterocycles. The highest BCUT2D eigenvalue weighted by molar-refractivity contribution is 7.98. The molecule has 0 aromatic heterocycles. The number of hydrogen-bond donors (Lipinski definition) is 1. The number of fused-ring (bicyclic) bond motifs is 1. The van der Waals surface area contributed by atoms with Gasteiger partial charge in [-0.05, 0) is 43.4 Å². The average molecular weight is 346 g/mol. The number of amides is 3. The summed E-state index contributed by atoms with van der Waals surface area (Å²) in [4.78, 5) is 39.2. The Bertz CT molecular complexity index is 620. The van der Waals surface area contributed by atoms with E-state index < -0.39 is 0 Å². The Labute approximate surface area is 146 Å². The van der Waals surface area contributed by atoms with E-state index in [1.54, 1.807) is 11.8 Å². The van der Waals surface area contributed by atoms with Crippen LogP contribution in [-0.4, -0.2) is 35.4 Å². The van der Waals surface area contributed by atoms with Crippen LogP contribution in [0.5, 0.6) is 0 Å². The molecule has 1 saturated carbocycles. The van der Waals surface area contributed by atoms with Gasteiger partial charge in [0.2, 0.25) is 17.7 Å². The quantitative estimate of drug-likeness (QED) is 0.658. The van der Waals surface area contributed by atoms with Crippen molar-refractivity contribution >= 4 is 35.2 Å². The third kappa shape index (κ3) is 3.48. The summed E-state index contributed by atoms with van der Waals surface area (Å²) < 4.78 is 0. The van der Waals surface area contributed by atoms with Crippen LogP contribution < -0.4 is 5.32 Å². The minimum absolute atomic E-state index is 0.0816. The Morgan fingerprint density at radius 3 is 2.25 bits per heavy atom. The van der Waals surface area contributed by atoms with Gasteiger partial charge in [0.05, 0.1) is 11.8 Å². The summed E-state index contributed by atoms with van der Waals surface area (Å²) in [6.07, 6.45) is 5.77. The highest BCUT2D eigenvalue weighted by Gasteiger charge is 2.47. The van der Waals surface area contributed by atoms with E-state index in [2.05, 4.69) is 5.32 Å². The van der Waals surface area contributed by atoms with Crippen LogP contribution >= 0.6 is 11.8 Å². The summed E-state index contributed by atoms with van der Waals surface area (Å²) in [5, 5.41) is 2.81. The normalized spacial score (nSPS) is 23.3. The molecule has 0 bridgehead atoms. The van der Waals surface area contributed by atoms with Crippen molar-refractivity contribution in [1.82, 2.24) is 4.90 Å². The van der Waals surface area contributed by atoms with Gasteiger partial charge in [0.15, 0.2) is 0 Å². The number of nitrogens with zero attached hydrogens (tertiary/aromatic N) is 1. The molecule has 1 saturated heterocycles. The number of carbonyl (C=O) groups is 3. The summed E-state index contributed by atoms with van der Waals surface area (Å²) in [5.41, 5.74) is 0.727. The number of thioether (sulfide) groups is 1. The van der Waals surface area contributed by atoms with Crippen LogP contribution in [-0.2, 0) is 14.4 Å². The summed E-state index contributed by atoms with van der Waals surface area (Å²) in [7, 11) is 0. The summed E-state index contributed by atoms with van der Waals surface area (Å²) >= 11 is 1.64. The fraction of sp³-hybridized carbons (Fsp3) is 0.500. The molecule has 2 fully saturated rings. The highest BCUT2D eigenvalue weighted by atomic mass is 32.2. The maximum absolute atomic E-state index is 12.4. The minimum atomic E-state index is -0.178. The molecule has 5 nitrogen and oxygen atoms in total. The first kappa shape index (κ1) is 17.0. The SMILES string of the molecule is CSc1ccc(NC(=O)CCN2C(=O)C3CCCCC3C2=O)cc1. The molecule has 0 spiro atoms. The first-order valence-electron chi connectivity index (χ1n) is 8.39. The third-order valence-corrected chi connectivity index (χ3v) is 5.61. The smallest absolute Gasteiger partial charge is 0.233 e. The maximum atomic E-state index is 12.4.